The molecule has 2 atom stereocenters. The summed E-state index contributed by atoms with van der Waals surface area (Å²) in [5.74, 6) is 1.85. The summed E-state index contributed by atoms with van der Waals surface area (Å²) in [7, 11) is 1.37. The van der Waals surface area contributed by atoms with Crippen molar-refractivity contribution in [2.45, 2.75) is 43.9 Å². The summed E-state index contributed by atoms with van der Waals surface area (Å²) in [6.45, 7) is 0. The van der Waals surface area contributed by atoms with Crippen LogP contribution in [0.3, 0.4) is 0 Å². The van der Waals surface area contributed by atoms with E-state index in [2.05, 4.69) is 15.2 Å². The van der Waals surface area contributed by atoms with E-state index in [4.69, 9.17) is 26.1 Å². The first kappa shape index (κ1) is 25.1. The van der Waals surface area contributed by atoms with Crippen LogP contribution >= 0.6 is 12.2 Å². The molecule has 1 aliphatic heterocycles. The van der Waals surface area contributed by atoms with E-state index in [1.165, 1.54) is 20.0 Å². The average Bonchev–Trinajstić information content (AvgIpc) is 3.74. The number of nitrogens with one attached hydrogen (secondary N) is 1. The van der Waals surface area contributed by atoms with Crippen LogP contribution in [0.15, 0.2) is 89.5 Å². The van der Waals surface area contributed by atoms with Gasteiger partial charge < -0.3 is 24.1 Å². The first-order chi connectivity index (χ1) is 19.1. The Kier molecular flexibility index (Phi) is 7.02. The van der Waals surface area contributed by atoms with E-state index in [1.807, 2.05) is 66.7 Å². The molecule has 1 saturated heterocycles. The van der Waals surface area contributed by atoms with Gasteiger partial charge in [0.25, 0.3) is 0 Å². The summed E-state index contributed by atoms with van der Waals surface area (Å²) in [5.41, 5.74) is 3.04. The fourth-order valence-corrected chi connectivity index (χ4v) is 5.74. The van der Waals surface area contributed by atoms with Crippen LogP contribution in [0.5, 0.6) is 5.75 Å². The Labute approximate surface area is 232 Å². The average molecular weight is 540 g/mol. The third-order valence-corrected chi connectivity index (χ3v) is 7.62. The molecule has 0 radical (unpaired) electrons. The number of carbonyl (C=O) groups excluding carboxylic acids is 1. The maximum absolute atomic E-state index is 12.1. The fraction of sp³-hybridized carbons (Fsp3) is 0.258. The van der Waals surface area contributed by atoms with Crippen molar-refractivity contribution in [1.82, 2.24) is 10.3 Å². The number of esters is 1. The minimum Gasteiger partial charge on any atom is -0.490 e. The van der Waals surface area contributed by atoms with Gasteiger partial charge in [-0.05, 0) is 98.6 Å². The van der Waals surface area contributed by atoms with Gasteiger partial charge in [0, 0.05) is 17.4 Å². The molecular formula is C31H29N3O4S. The summed E-state index contributed by atoms with van der Waals surface area (Å²) in [4.78, 5) is 18.8. The van der Waals surface area contributed by atoms with Gasteiger partial charge in [-0.25, -0.2) is 4.79 Å². The summed E-state index contributed by atoms with van der Waals surface area (Å²) in [6, 6.07) is 24.5. The lowest BCUT2D eigenvalue weighted by Crippen LogP contribution is -2.29. The predicted octanol–water partition coefficient (Wildman–Crippen LogP) is 6.63. The van der Waals surface area contributed by atoms with Crippen LogP contribution in [0.25, 0.3) is 11.3 Å². The molecular weight excluding hydrogens is 510 g/mol. The van der Waals surface area contributed by atoms with Gasteiger partial charge in [-0.15, -0.1) is 0 Å². The van der Waals surface area contributed by atoms with Crippen LogP contribution in [0.1, 0.15) is 59.6 Å². The topological polar surface area (TPSA) is 76.8 Å². The van der Waals surface area contributed by atoms with Gasteiger partial charge >= 0.3 is 5.97 Å². The van der Waals surface area contributed by atoms with Crippen molar-refractivity contribution >= 4 is 29.0 Å². The van der Waals surface area contributed by atoms with Crippen LogP contribution in [-0.2, 0) is 4.74 Å². The highest BCUT2D eigenvalue weighted by Gasteiger charge is 2.42. The molecule has 2 fully saturated rings. The maximum atomic E-state index is 12.1. The Morgan fingerprint density at radius 3 is 2.59 bits per heavy atom. The van der Waals surface area contributed by atoms with Gasteiger partial charge in [0.05, 0.1) is 30.5 Å². The molecule has 1 N–H and O–H groups in total. The second-order valence-corrected chi connectivity index (χ2v) is 10.2. The highest BCUT2D eigenvalue weighted by Crippen LogP contribution is 2.43. The van der Waals surface area contributed by atoms with Gasteiger partial charge in [-0.1, -0.05) is 18.2 Å². The molecule has 39 heavy (non-hydrogen) atoms. The number of anilines is 1. The zero-order valence-electron chi connectivity index (χ0n) is 21.6. The lowest BCUT2D eigenvalue weighted by molar-refractivity contribution is 0.0600. The predicted molar refractivity (Wildman–Crippen MR) is 153 cm³/mol. The minimum atomic E-state index is -0.393. The lowest BCUT2D eigenvalue weighted by Gasteiger charge is -2.26. The molecule has 1 saturated carbocycles. The first-order valence-corrected chi connectivity index (χ1v) is 13.6. The second kappa shape index (κ2) is 10.9. The van der Waals surface area contributed by atoms with Crippen molar-refractivity contribution in [2.75, 3.05) is 12.0 Å². The molecule has 2 aliphatic rings. The molecule has 4 aromatic rings. The Bertz CT molecular complexity index is 1460. The fourth-order valence-electron chi connectivity index (χ4n) is 5.39. The number of methoxy groups -OCH3 is 1. The van der Waals surface area contributed by atoms with Crippen LogP contribution in [0.4, 0.5) is 5.69 Å². The zero-order chi connectivity index (χ0) is 26.8. The number of benzene rings is 2. The number of hydrogen-bond acceptors (Lipinski definition) is 6. The molecule has 8 heteroatoms. The van der Waals surface area contributed by atoms with Gasteiger partial charge in [0.2, 0.25) is 0 Å². The highest BCUT2D eigenvalue weighted by molar-refractivity contribution is 7.80. The van der Waals surface area contributed by atoms with Crippen molar-refractivity contribution < 1.29 is 18.7 Å². The van der Waals surface area contributed by atoms with Crippen molar-refractivity contribution in [1.29, 1.82) is 0 Å². The molecule has 1 aliphatic carbocycles. The number of ether oxygens (including phenoxy) is 2. The van der Waals surface area contributed by atoms with Crippen LogP contribution in [-0.4, -0.2) is 29.3 Å². The molecule has 2 aromatic carbocycles. The van der Waals surface area contributed by atoms with Gasteiger partial charge in [0.1, 0.15) is 23.3 Å². The van der Waals surface area contributed by atoms with Crippen molar-refractivity contribution in [3.8, 4) is 17.1 Å². The van der Waals surface area contributed by atoms with E-state index in [-0.39, 0.29) is 12.1 Å². The van der Waals surface area contributed by atoms with E-state index in [0.717, 1.165) is 41.3 Å². The molecule has 3 heterocycles. The normalized spacial score (nSPS) is 19.2. The third-order valence-electron chi connectivity index (χ3n) is 7.30. The number of furan rings is 1. The Balaban J connectivity index is 1.34. The molecule has 0 bridgehead atoms. The quantitative estimate of drug-likeness (QED) is 0.207. The van der Waals surface area contributed by atoms with Crippen LogP contribution in [0, 0.1) is 0 Å². The lowest BCUT2D eigenvalue weighted by atomic mass is 10.0. The van der Waals surface area contributed by atoms with E-state index >= 15 is 0 Å². The highest BCUT2D eigenvalue weighted by atomic mass is 32.1. The Morgan fingerprint density at radius 2 is 1.85 bits per heavy atom. The number of aromatic nitrogens is 1. The number of carbonyl (C=O) groups is 1. The molecule has 0 amide bonds. The Hall–Kier alpha value is -4.17. The first-order valence-electron chi connectivity index (χ1n) is 13.2. The largest absolute Gasteiger partial charge is 0.490 e. The van der Waals surface area contributed by atoms with Crippen LogP contribution in [0.2, 0.25) is 0 Å². The standard InChI is InChI=1S/C31H29N3O4S/c1-36-30(35)21-8-6-7-20(19-21)26-16-17-27(38-26)29-28(25-11-4-5-18-32-25)33-31(39)34(29)22-12-14-24(15-13-22)37-23-9-2-3-10-23/h4-8,11-19,23,28-29H,2-3,9-10H2,1H3,(H,33,39). The van der Waals surface area contributed by atoms with Crippen molar-refractivity contribution in [3.63, 3.8) is 0 Å². The number of rotatable bonds is 7. The molecule has 0 spiro atoms. The van der Waals surface area contributed by atoms with E-state index in [9.17, 15) is 4.79 Å². The molecule has 2 aromatic heterocycles. The summed E-state index contributed by atoms with van der Waals surface area (Å²) in [5, 5.41) is 4.05. The maximum Gasteiger partial charge on any atom is 0.337 e. The van der Waals surface area contributed by atoms with Gasteiger partial charge in [-0.3, -0.25) is 4.98 Å². The second-order valence-electron chi connectivity index (χ2n) is 9.79. The molecule has 7 nitrogen and oxygen atoms in total. The van der Waals surface area contributed by atoms with E-state index in [1.54, 1.807) is 18.3 Å². The number of nitrogens with zero attached hydrogens (tertiary/aromatic N) is 2. The number of hydrogen-bond donors (Lipinski definition) is 1. The zero-order valence-corrected chi connectivity index (χ0v) is 22.4. The number of thiocarbonyl (C=S) groups is 1. The summed E-state index contributed by atoms with van der Waals surface area (Å²) >= 11 is 5.85. The SMILES string of the molecule is COC(=O)c1cccc(-c2ccc(C3C(c4ccccn4)NC(=S)N3c3ccc(OC4CCCC4)cc3)o2)c1. The third kappa shape index (κ3) is 5.12. The molecule has 198 valence electrons. The monoisotopic (exact) mass is 539 g/mol. The minimum absolute atomic E-state index is 0.228. The molecule has 6 rings (SSSR count). The summed E-state index contributed by atoms with van der Waals surface area (Å²) in [6.07, 6.45) is 6.75. The van der Waals surface area contributed by atoms with Gasteiger partial charge in [0.15, 0.2) is 5.11 Å². The Morgan fingerprint density at radius 1 is 1.03 bits per heavy atom. The molecule has 2 unspecified atom stereocenters. The summed E-state index contributed by atoms with van der Waals surface area (Å²) < 4.78 is 17.5. The van der Waals surface area contributed by atoms with Crippen molar-refractivity contribution in [3.05, 3.63) is 102 Å². The van der Waals surface area contributed by atoms with Gasteiger partial charge in [-0.2, -0.15) is 0 Å². The van der Waals surface area contributed by atoms with E-state index < -0.39 is 5.97 Å². The van der Waals surface area contributed by atoms with Crippen molar-refractivity contribution in [2.24, 2.45) is 0 Å². The smallest absolute Gasteiger partial charge is 0.337 e. The van der Waals surface area contributed by atoms with Crippen LogP contribution < -0.4 is 15.0 Å². The number of pyridine rings is 1. The van der Waals surface area contributed by atoms with E-state index in [0.29, 0.717) is 22.5 Å².